The van der Waals surface area contributed by atoms with E-state index in [1.165, 1.54) is 6.21 Å². The molecule has 0 spiro atoms. The van der Waals surface area contributed by atoms with Gasteiger partial charge in [-0.1, -0.05) is 49.1 Å². The van der Waals surface area contributed by atoms with Gasteiger partial charge in [0.1, 0.15) is 12.6 Å². The first-order valence-electron chi connectivity index (χ1n) is 10.5. The van der Waals surface area contributed by atoms with Crippen LogP contribution in [0.4, 0.5) is 0 Å². The van der Waals surface area contributed by atoms with E-state index in [0.717, 1.165) is 5.56 Å². The minimum atomic E-state index is -0.766. The number of carbonyl (C=O) groups excluding carboxylic acids is 2. The van der Waals surface area contributed by atoms with Gasteiger partial charge in [-0.25, -0.2) is 5.43 Å². The molecule has 0 aliphatic heterocycles. The highest BCUT2D eigenvalue weighted by atomic mass is 35.5. The van der Waals surface area contributed by atoms with Crippen LogP contribution >= 0.6 is 11.6 Å². The quantitative estimate of drug-likeness (QED) is 0.313. The van der Waals surface area contributed by atoms with Crippen molar-refractivity contribution in [2.75, 3.05) is 13.2 Å². The lowest BCUT2D eigenvalue weighted by Gasteiger charge is -2.20. The Kier molecular flexibility index (Phi) is 9.77. The van der Waals surface area contributed by atoms with Crippen molar-refractivity contribution in [3.8, 4) is 23.8 Å². The third kappa shape index (κ3) is 7.55. The van der Waals surface area contributed by atoms with Gasteiger partial charge >= 0.3 is 0 Å². The summed E-state index contributed by atoms with van der Waals surface area (Å²) in [5, 5.41) is 7.07. The number of carbonyl (C=O) groups is 2. The van der Waals surface area contributed by atoms with Gasteiger partial charge in [0.25, 0.3) is 11.8 Å². The van der Waals surface area contributed by atoms with E-state index in [-0.39, 0.29) is 18.4 Å². The number of rotatable bonds is 10. The van der Waals surface area contributed by atoms with Gasteiger partial charge in [-0.15, -0.1) is 6.42 Å². The molecule has 8 heteroatoms. The lowest BCUT2D eigenvalue weighted by atomic mass is 10.0. The van der Waals surface area contributed by atoms with Crippen molar-refractivity contribution in [3.05, 3.63) is 58.1 Å². The molecule has 0 fully saturated rings. The average molecular weight is 470 g/mol. The highest BCUT2D eigenvalue weighted by Crippen LogP contribution is 2.36. The van der Waals surface area contributed by atoms with Crippen molar-refractivity contribution >= 4 is 29.6 Å². The highest BCUT2D eigenvalue weighted by Gasteiger charge is 2.24. The van der Waals surface area contributed by atoms with E-state index in [0.29, 0.717) is 34.3 Å². The van der Waals surface area contributed by atoms with Gasteiger partial charge in [0.15, 0.2) is 11.5 Å². The Labute approximate surface area is 199 Å². The Morgan fingerprint density at radius 1 is 1.21 bits per heavy atom. The SMILES string of the molecule is C#CCOc1c(Cl)cc(C=NNC(=O)C(NC(=O)c2ccc(C)cc2)C(C)C)cc1OCC. The first-order valence-corrected chi connectivity index (χ1v) is 10.9. The maximum Gasteiger partial charge on any atom is 0.262 e. The summed E-state index contributed by atoms with van der Waals surface area (Å²) in [6.45, 7) is 7.90. The number of nitrogens with one attached hydrogen (secondary N) is 2. The van der Waals surface area contributed by atoms with Crippen molar-refractivity contribution < 1.29 is 19.1 Å². The third-order valence-electron chi connectivity index (χ3n) is 4.57. The molecule has 2 amide bonds. The molecule has 0 saturated carbocycles. The average Bonchev–Trinajstić information content (AvgIpc) is 2.77. The first kappa shape index (κ1) is 25.8. The van der Waals surface area contributed by atoms with E-state index < -0.39 is 11.9 Å². The van der Waals surface area contributed by atoms with E-state index in [4.69, 9.17) is 27.5 Å². The summed E-state index contributed by atoms with van der Waals surface area (Å²) in [4.78, 5) is 25.2. The fourth-order valence-corrected chi connectivity index (χ4v) is 3.16. The number of hydrogen-bond donors (Lipinski definition) is 2. The Morgan fingerprint density at radius 2 is 1.91 bits per heavy atom. The van der Waals surface area contributed by atoms with Crippen molar-refractivity contribution in [3.63, 3.8) is 0 Å². The zero-order valence-electron chi connectivity index (χ0n) is 19.1. The zero-order chi connectivity index (χ0) is 24.4. The highest BCUT2D eigenvalue weighted by molar-refractivity contribution is 6.32. The molecule has 0 aliphatic carbocycles. The van der Waals surface area contributed by atoms with Gasteiger partial charge in [0, 0.05) is 5.56 Å². The van der Waals surface area contributed by atoms with Crippen molar-refractivity contribution in [2.45, 2.75) is 33.7 Å². The smallest absolute Gasteiger partial charge is 0.262 e. The zero-order valence-corrected chi connectivity index (χ0v) is 19.9. The molecular formula is C25H28ClN3O4. The van der Waals surface area contributed by atoms with Crippen LogP contribution in [0.2, 0.25) is 5.02 Å². The number of hydrazone groups is 1. The second-order valence-electron chi connectivity index (χ2n) is 7.55. The molecule has 2 N–H and O–H groups in total. The summed E-state index contributed by atoms with van der Waals surface area (Å²) in [7, 11) is 0. The number of amides is 2. The second kappa shape index (κ2) is 12.5. The fourth-order valence-electron chi connectivity index (χ4n) is 2.88. The predicted molar refractivity (Wildman–Crippen MR) is 130 cm³/mol. The van der Waals surface area contributed by atoms with Crippen molar-refractivity contribution in [1.82, 2.24) is 10.7 Å². The lowest BCUT2D eigenvalue weighted by molar-refractivity contribution is -0.123. The standard InChI is InChI=1S/C25H28ClN3O4/c1-6-12-33-23-20(26)13-18(14-21(23)32-7-2)15-27-29-25(31)22(16(3)4)28-24(30)19-10-8-17(5)9-11-19/h1,8-11,13-16,22H,7,12H2,2-5H3,(H,28,30)(H,29,31). The second-order valence-corrected chi connectivity index (χ2v) is 7.96. The maximum atomic E-state index is 12.7. The number of ether oxygens (including phenoxy) is 2. The van der Waals surface area contributed by atoms with Crippen LogP contribution in [0.5, 0.6) is 11.5 Å². The monoisotopic (exact) mass is 469 g/mol. The van der Waals surface area contributed by atoms with Crippen LogP contribution in [0.1, 0.15) is 42.3 Å². The van der Waals surface area contributed by atoms with E-state index >= 15 is 0 Å². The van der Waals surface area contributed by atoms with Crippen LogP contribution in [0.15, 0.2) is 41.5 Å². The van der Waals surface area contributed by atoms with Gasteiger partial charge in [-0.3, -0.25) is 9.59 Å². The minimum Gasteiger partial charge on any atom is -0.490 e. The molecule has 174 valence electrons. The largest absolute Gasteiger partial charge is 0.490 e. The van der Waals surface area contributed by atoms with Crippen LogP contribution < -0.4 is 20.2 Å². The molecule has 0 aromatic heterocycles. The van der Waals surface area contributed by atoms with E-state index in [9.17, 15) is 9.59 Å². The van der Waals surface area contributed by atoms with Crippen LogP contribution in [-0.4, -0.2) is 37.3 Å². The summed E-state index contributed by atoms with van der Waals surface area (Å²) >= 11 is 6.29. The van der Waals surface area contributed by atoms with Crippen LogP contribution in [0.3, 0.4) is 0 Å². The number of hydrogen-bond acceptors (Lipinski definition) is 5. The molecule has 1 unspecified atom stereocenters. The summed E-state index contributed by atoms with van der Waals surface area (Å²) in [6.07, 6.45) is 6.67. The molecule has 2 aromatic rings. The Morgan fingerprint density at radius 3 is 2.52 bits per heavy atom. The van der Waals surface area contributed by atoms with E-state index in [1.807, 2.05) is 39.8 Å². The number of aryl methyl sites for hydroxylation is 1. The van der Waals surface area contributed by atoms with Crippen LogP contribution in [-0.2, 0) is 4.79 Å². The Balaban J connectivity index is 2.10. The summed E-state index contributed by atoms with van der Waals surface area (Å²) in [5.74, 6) is 2.22. The van der Waals surface area contributed by atoms with Gasteiger partial charge in [-0.05, 0) is 49.6 Å². The summed E-state index contributed by atoms with van der Waals surface area (Å²) < 4.78 is 11.0. The van der Waals surface area contributed by atoms with Gasteiger partial charge in [0.05, 0.1) is 17.8 Å². The molecule has 0 heterocycles. The molecule has 0 radical (unpaired) electrons. The molecule has 33 heavy (non-hydrogen) atoms. The molecule has 2 rings (SSSR count). The Hall–Kier alpha value is -3.50. The summed E-state index contributed by atoms with van der Waals surface area (Å²) in [6, 6.07) is 9.64. The van der Waals surface area contributed by atoms with Gasteiger partial charge in [-0.2, -0.15) is 5.10 Å². The van der Waals surface area contributed by atoms with Crippen molar-refractivity contribution in [1.29, 1.82) is 0 Å². The minimum absolute atomic E-state index is 0.0498. The van der Waals surface area contributed by atoms with Crippen molar-refractivity contribution in [2.24, 2.45) is 11.0 Å². The lowest BCUT2D eigenvalue weighted by Crippen LogP contribution is -2.48. The normalized spacial score (nSPS) is 11.7. The van der Waals surface area contributed by atoms with E-state index in [1.54, 1.807) is 24.3 Å². The predicted octanol–water partition coefficient (Wildman–Crippen LogP) is 3.96. The van der Waals surface area contributed by atoms with Crippen LogP contribution in [0.25, 0.3) is 0 Å². The number of benzene rings is 2. The molecular weight excluding hydrogens is 442 g/mol. The topological polar surface area (TPSA) is 89.0 Å². The van der Waals surface area contributed by atoms with Crippen LogP contribution in [0, 0.1) is 25.2 Å². The van der Waals surface area contributed by atoms with Gasteiger partial charge in [0.2, 0.25) is 0 Å². The molecule has 0 saturated heterocycles. The summed E-state index contributed by atoms with van der Waals surface area (Å²) in [5.41, 5.74) is 4.58. The molecule has 0 bridgehead atoms. The van der Waals surface area contributed by atoms with Gasteiger partial charge < -0.3 is 14.8 Å². The maximum absolute atomic E-state index is 12.7. The van der Waals surface area contributed by atoms with E-state index in [2.05, 4.69) is 21.8 Å². The first-order chi connectivity index (χ1) is 15.8. The number of halogens is 1. The fraction of sp³-hybridized carbons (Fsp3) is 0.320. The molecule has 2 aromatic carbocycles. The molecule has 0 aliphatic rings. The molecule has 7 nitrogen and oxygen atoms in total. The third-order valence-corrected chi connectivity index (χ3v) is 4.85. The number of terminal acetylenes is 1. The Bertz CT molecular complexity index is 1040. The number of nitrogens with zero attached hydrogens (tertiary/aromatic N) is 1. The molecule has 1 atom stereocenters.